The van der Waals surface area contributed by atoms with E-state index in [4.69, 9.17) is 34.8 Å². The fraction of sp³-hybridized carbons (Fsp3) is 0.0667. The van der Waals surface area contributed by atoms with Gasteiger partial charge in [0, 0.05) is 16.7 Å². The fourth-order valence-electron chi connectivity index (χ4n) is 2.21. The van der Waals surface area contributed by atoms with Crippen molar-refractivity contribution in [3.8, 4) is 11.3 Å². The van der Waals surface area contributed by atoms with Crippen LogP contribution in [0.4, 0.5) is 0 Å². The molecule has 0 fully saturated rings. The van der Waals surface area contributed by atoms with Gasteiger partial charge in [0.15, 0.2) is 11.2 Å². The Hall–Kier alpha value is -1.55. The van der Waals surface area contributed by atoms with Crippen molar-refractivity contribution in [3.63, 3.8) is 0 Å². The summed E-state index contributed by atoms with van der Waals surface area (Å²) in [6.07, 6.45) is 0. The molecule has 3 nitrogen and oxygen atoms in total. The van der Waals surface area contributed by atoms with Gasteiger partial charge in [-0.3, -0.25) is 0 Å². The maximum atomic E-state index is 12.5. The predicted molar refractivity (Wildman–Crippen MR) is 85.7 cm³/mol. The van der Waals surface area contributed by atoms with Gasteiger partial charge in [0.2, 0.25) is 0 Å². The number of rotatable bonds is 2. The van der Waals surface area contributed by atoms with E-state index in [-0.39, 0.29) is 11.7 Å². The summed E-state index contributed by atoms with van der Waals surface area (Å²) in [5, 5.41) is 14.2. The summed E-state index contributed by atoms with van der Waals surface area (Å²) in [6.45, 7) is 0. The molecule has 1 heterocycles. The number of aromatic nitrogens is 2. The third-order valence-corrected chi connectivity index (χ3v) is 3.95. The van der Waals surface area contributed by atoms with E-state index in [0.717, 1.165) is 4.73 Å². The van der Waals surface area contributed by atoms with Crippen molar-refractivity contribution in [2.45, 2.75) is 5.88 Å². The minimum Gasteiger partial charge on any atom is -0.710 e. The Balaban J connectivity index is 2.45. The molecule has 0 saturated heterocycles. The average molecular weight is 340 g/mol. The van der Waals surface area contributed by atoms with Crippen LogP contribution in [0.1, 0.15) is 5.82 Å². The lowest BCUT2D eigenvalue weighted by molar-refractivity contribution is -0.603. The second-order valence-corrected chi connectivity index (χ2v) is 5.56. The molecule has 0 bridgehead atoms. The van der Waals surface area contributed by atoms with E-state index in [1.165, 1.54) is 0 Å². The van der Waals surface area contributed by atoms with Gasteiger partial charge in [-0.25, -0.2) is 4.73 Å². The molecule has 21 heavy (non-hydrogen) atoms. The largest absolute Gasteiger partial charge is 0.710 e. The molecule has 106 valence electrons. The third kappa shape index (κ3) is 2.53. The third-order valence-electron chi connectivity index (χ3n) is 3.15. The Labute approximate surface area is 136 Å². The van der Waals surface area contributed by atoms with Gasteiger partial charge in [-0.1, -0.05) is 35.3 Å². The lowest BCUT2D eigenvalue weighted by atomic mass is 10.1. The van der Waals surface area contributed by atoms with Crippen molar-refractivity contribution in [1.82, 2.24) is 4.98 Å². The first-order chi connectivity index (χ1) is 10.1. The summed E-state index contributed by atoms with van der Waals surface area (Å²) in [7, 11) is 0. The van der Waals surface area contributed by atoms with Gasteiger partial charge in [-0.15, -0.1) is 11.6 Å². The standard InChI is InChI=1S/C15H9Cl3N2O/c16-8-14-19-13-7-9(17)5-6-11(13)15(20(14)21)10-3-1-2-4-12(10)18/h1-7H,8H2. The zero-order valence-corrected chi connectivity index (χ0v) is 13.0. The molecule has 2 aromatic carbocycles. The van der Waals surface area contributed by atoms with E-state index in [0.29, 0.717) is 32.2 Å². The lowest BCUT2D eigenvalue weighted by Gasteiger charge is -2.14. The van der Waals surface area contributed by atoms with E-state index >= 15 is 0 Å². The molecule has 0 spiro atoms. The molecule has 0 amide bonds. The van der Waals surface area contributed by atoms with Crippen molar-refractivity contribution in [2.75, 3.05) is 0 Å². The highest BCUT2D eigenvalue weighted by Crippen LogP contribution is 2.31. The van der Waals surface area contributed by atoms with Gasteiger partial charge in [0.05, 0.1) is 10.4 Å². The highest BCUT2D eigenvalue weighted by atomic mass is 35.5. The summed E-state index contributed by atoms with van der Waals surface area (Å²) in [5.74, 6) is 0.213. The number of hydrogen-bond donors (Lipinski definition) is 0. The molecule has 0 aliphatic rings. The Kier molecular flexibility index (Phi) is 3.89. The first-order valence-corrected chi connectivity index (χ1v) is 7.43. The van der Waals surface area contributed by atoms with Crippen LogP contribution >= 0.6 is 34.8 Å². The zero-order valence-electron chi connectivity index (χ0n) is 10.7. The molecule has 0 radical (unpaired) electrons. The van der Waals surface area contributed by atoms with E-state index in [2.05, 4.69) is 4.98 Å². The van der Waals surface area contributed by atoms with Crippen LogP contribution in [0, 0.1) is 5.21 Å². The van der Waals surface area contributed by atoms with E-state index in [1.807, 2.05) is 12.1 Å². The maximum Gasteiger partial charge on any atom is 0.317 e. The van der Waals surface area contributed by atoms with Crippen molar-refractivity contribution in [3.05, 3.63) is 63.5 Å². The second kappa shape index (κ2) is 5.68. The molecule has 3 aromatic rings. The van der Waals surface area contributed by atoms with Crippen LogP contribution in [0.3, 0.4) is 0 Å². The van der Waals surface area contributed by atoms with Crippen LogP contribution in [-0.2, 0) is 5.88 Å². The topological polar surface area (TPSA) is 39.8 Å². The van der Waals surface area contributed by atoms with Crippen molar-refractivity contribution in [1.29, 1.82) is 0 Å². The molecule has 0 aliphatic carbocycles. The summed E-state index contributed by atoms with van der Waals surface area (Å²) in [6, 6.07) is 12.3. The molecule has 6 heteroatoms. The first-order valence-electron chi connectivity index (χ1n) is 6.14. The number of nitrogens with zero attached hydrogens (tertiary/aromatic N) is 2. The van der Waals surface area contributed by atoms with Crippen LogP contribution < -0.4 is 4.73 Å². The van der Waals surface area contributed by atoms with E-state index in [9.17, 15) is 5.21 Å². The molecule has 0 N–H and O–H groups in total. The molecule has 0 unspecified atom stereocenters. The lowest BCUT2D eigenvalue weighted by Crippen LogP contribution is -2.35. The van der Waals surface area contributed by atoms with Crippen LogP contribution in [0.15, 0.2) is 42.5 Å². The smallest absolute Gasteiger partial charge is 0.317 e. The highest BCUT2D eigenvalue weighted by Gasteiger charge is 2.20. The number of alkyl halides is 1. The minimum absolute atomic E-state index is 0.00338. The summed E-state index contributed by atoms with van der Waals surface area (Å²) < 4.78 is 0.727. The van der Waals surface area contributed by atoms with Gasteiger partial charge in [-0.05, 0) is 29.2 Å². The zero-order chi connectivity index (χ0) is 15.0. The second-order valence-electron chi connectivity index (χ2n) is 4.45. The molecule has 0 saturated carbocycles. The molecule has 0 aliphatic heterocycles. The summed E-state index contributed by atoms with van der Waals surface area (Å²) >= 11 is 18.0. The van der Waals surface area contributed by atoms with Crippen molar-refractivity contribution < 1.29 is 4.73 Å². The normalized spacial score (nSPS) is 11.0. The average Bonchev–Trinajstić information content (AvgIpc) is 2.48. The monoisotopic (exact) mass is 338 g/mol. The number of hydrogen-bond acceptors (Lipinski definition) is 2. The number of halogens is 3. The Morgan fingerprint density at radius 2 is 1.86 bits per heavy atom. The number of fused-ring (bicyclic) bond motifs is 1. The van der Waals surface area contributed by atoms with Gasteiger partial charge in [0.1, 0.15) is 5.88 Å². The molecule has 3 rings (SSSR count). The highest BCUT2D eigenvalue weighted by molar-refractivity contribution is 6.33. The van der Waals surface area contributed by atoms with Gasteiger partial charge in [0.25, 0.3) is 0 Å². The molecular formula is C15H9Cl3N2O. The van der Waals surface area contributed by atoms with Crippen molar-refractivity contribution >= 4 is 45.7 Å². The van der Waals surface area contributed by atoms with Crippen molar-refractivity contribution in [2.24, 2.45) is 0 Å². The van der Waals surface area contributed by atoms with Gasteiger partial charge in [-0.2, -0.15) is 0 Å². The Morgan fingerprint density at radius 3 is 2.57 bits per heavy atom. The quantitative estimate of drug-likeness (QED) is 0.389. The number of benzene rings is 2. The van der Waals surface area contributed by atoms with Crippen LogP contribution in [-0.4, -0.2) is 4.98 Å². The summed E-state index contributed by atoms with van der Waals surface area (Å²) in [5.41, 5.74) is 1.67. The minimum atomic E-state index is 0.00338. The van der Waals surface area contributed by atoms with Crippen LogP contribution in [0.2, 0.25) is 10.0 Å². The first kappa shape index (κ1) is 14.4. The Bertz CT molecular complexity index is 837. The van der Waals surface area contributed by atoms with Crippen LogP contribution in [0.25, 0.3) is 22.2 Å². The van der Waals surface area contributed by atoms with Gasteiger partial charge >= 0.3 is 5.82 Å². The summed E-state index contributed by atoms with van der Waals surface area (Å²) in [4.78, 5) is 4.26. The SMILES string of the molecule is [O-][n+]1c(CCl)nc2cc(Cl)ccc2c1-c1ccccc1Cl. The van der Waals surface area contributed by atoms with E-state index in [1.54, 1.807) is 30.3 Å². The molecule has 1 aromatic heterocycles. The van der Waals surface area contributed by atoms with Gasteiger partial charge < -0.3 is 5.21 Å². The Morgan fingerprint density at radius 1 is 1.10 bits per heavy atom. The molecular weight excluding hydrogens is 331 g/mol. The fourth-order valence-corrected chi connectivity index (χ4v) is 2.77. The maximum absolute atomic E-state index is 12.5. The predicted octanol–water partition coefficient (Wildman–Crippen LogP) is 4.58. The molecule has 0 atom stereocenters. The van der Waals surface area contributed by atoms with E-state index < -0.39 is 0 Å². The van der Waals surface area contributed by atoms with Crippen LogP contribution in [0.5, 0.6) is 0 Å².